The normalized spacial score (nSPS) is 13.6. The van der Waals surface area contributed by atoms with Gasteiger partial charge in [-0.2, -0.15) is 0 Å². The number of aromatic amines is 2. The highest BCUT2D eigenvalue weighted by atomic mass is 16.3. The van der Waals surface area contributed by atoms with Crippen LogP contribution in [-0.2, 0) is 12.8 Å². The molecular formula is C36H40N4O. The lowest BCUT2D eigenvalue weighted by Crippen LogP contribution is -1.88. The second kappa shape index (κ2) is 10.4. The molecule has 2 aliphatic heterocycles. The first kappa shape index (κ1) is 27.1. The number of rotatable bonds is 4. The smallest absolute Gasteiger partial charge is 0.129 e. The van der Waals surface area contributed by atoms with E-state index in [4.69, 9.17) is 14.4 Å². The minimum atomic E-state index is 0.828. The molecule has 0 saturated heterocycles. The fraction of sp³-hybridized carbons (Fsp3) is 0.333. The highest BCUT2D eigenvalue weighted by Crippen LogP contribution is 2.40. The van der Waals surface area contributed by atoms with Crippen LogP contribution >= 0.6 is 0 Å². The van der Waals surface area contributed by atoms with Crippen molar-refractivity contribution in [2.45, 2.75) is 81.1 Å². The van der Waals surface area contributed by atoms with Gasteiger partial charge in [0.15, 0.2) is 0 Å². The van der Waals surface area contributed by atoms with Crippen molar-refractivity contribution < 1.29 is 4.42 Å². The lowest BCUT2D eigenvalue weighted by Gasteiger charge is -2.02. The van der Waals surface area contributed by atoms with E-state index >= 15 is 0 Å². The van der Waals surface area contributed by atoms with Gasteiger partial charge >= 0.3 is 0 Å². The van der Waals surface area contributed by atoms with Gasteiger partial charge in [-0.05, 0) is 122 Å². The Morgan fingerprint density at radius 2 is 0.976 bits per heavy atom. The zero-order valence-electron chi connectivity index (χ0n) is 25.6. The van der Waals surface area contributed by atoms with Gasteiger partial charge in [0.25, 0.3) is 0 Å². The van der Waals surface area contributed by atoms with Crippen molar-refractivity contribution in [1.29, 1.82) is 0 Å². The third-order valence-electron chi connectivity index (χ3n) is 9.02. The SMILES string of the molecule is CCC1=C(C)c2nc1cc1[nH]c(cc3ccc(cc4[nH]c(cc5nc2C(C)=C5CC)c(CC)c4C)o3)c(C)c1CC. The van der Waals surface area contributed by atoms with E-state index in [1.165, 1.54) is 44.5 Å². The third kappa shape index (κ3) is 4.39. The second-order valence-electron chi connectivity index (χ2n) is 11.2. The fourth-order valence-electron chi connectivity index (χ4n) is 6.69. The summed E-state index contributed by atoms with van der Waals surface area (Å²) in [4.78, 5) is 17.9. The standard InChI is InChI=1S/C36H40N4O/c1-9-25-19(5)29-15-23-13-14-24(41-23)16-30-20(6)26(10-2)32(38-30)18-34-28(12-4)22(8)36(40-34)35-21(7)27(11-3)33(39-35)17-31(25)37-29/h13-18,37-38H,9-12H2,1-8H3. The summed E-state index contributed by atoms with van der Waals surface area (Å²) in [7, 11) is 0. The van der Waals surface area contributed by atoms with Crippen LogP contribution < -0.4 is 0 Å². The number of hydrogen-bond donors (Lipinski definition) is 2. The summed E-state index contributed by atoms with van der Waals surface area (Å²) in [6.07, 6.45) is 3.70. The van der Waals surface area contributed by atoms with Crippen LogP contribution in [0.2, 0.25) is 0 Å². The van der Waals surface area contributed by atoms with E-state index in [-0.39, 0.29) is 0 Å². The maximum absolute atomic E-state index is 6.29. The first-order valence-corrected chi connectivity index (χ1v) is 15.0. The number of nitrogens with zero attached hydrogens (tertiary/aromatic N) is 2. The minimum Gasteiger partial charge on any atom is -0.457 e. The molecule has 2 N–H and O–H groups in total. The van der Waals surface area contributed by atoms with Gasteiger partial charge in [0.2, 0.25) is 0 Å². The Morgan fingerprint density at radius 1 is 0.561 bits per heavy atom. The van der Waals surface area contributed by atoms with Gasteiger partial charge < -0.3 is 14.4 Å². The maximum atomic E-state index is 6.29. The first-order valence-electron chi connectivity index (χ1n) is 15.0. The molecule has 0 radical (unpaired) electrons. The van der Waals surface area contributed by atoms with E-state index in [1.807, 2.05) is 12.1 Å². The number of nitrogens with one attached hydrogen (secondary N) is 2. The van der Waals surface area contributed by atoms with Gasteiger partial charge in [-0.25, -0.2) is 9.97 Å². The summed E-state index contributed by atoms with van der Waals surface area (Å²) < 4.78 is 6.29. The van der Waals surface area contributed by atoms with Crippen molar-refractivity contribution in [3.8, 4) is 0 Å². The Balaban J connectivity index is 1.81. The van der Waals surface area contributed by atoms with E-state index in [9.17, 15) is 0 Å². The molecule has 0 aromatic carbocycles. The molecule has 0 saturated carbocycles. The van der Waals surface area contributed by atoms with E-state index < -0.39 is 0 Å². The third-order valence-corrected chi connectivity index (χ3v) is 9.02. The molecule has 0 amide bonds. The van der Waals surface area contributed by atoms with Gasteiger partial charge in [-0.15, -0.1) is 0 Å². The van der Waals surface area contributed by atoms with E-state index in [0.29, 0.717) is 0 Å². The quantitative estimate of drug-likeness (QED) is 0.268. The van der Waals surface area contributed by atoms with Gasteiger partial charge in [0.05, 0.1) is 22.8 Å². The molecule has 0 spiro atoms. The van der Waals surface area contributed by atoms with Crippen LogP contribution in [0.1, 0.15) is 99.4 Å². The number of allylic oxidation sites excluding steroid dienone is 4. The van der Waals surface area contributed by atoms with E-state index in [1.54, 1.807) is 0 Å². The van der Waals surface area contributed by atoms with Crippen LogP contribution in [0.3, 0.4) is 0 Å². The lowest BCUT2D eigenvalue weighted by molar-refractivity contribution is 0.666. The fourth-order valence-corrected chi connectivity index (χ4v) is 6.69. The first-order chi connectivity index (χ1) is 19.8. The highest BCUT2D eigenvalue weighted by molar-refractivity contribution is 5.99. The molecule has 0 fully saturated rings. The van der Waals surface area contributed by atoms with Crippen LogP contribution in [0.4, 0.5) is 0 Å². The van der Waals surface area contributed by atoms with Crippen molar-refractivity contribution in [3.05, 3.63) is 81.4 Å². The molecule has 2 aliphatic rings. The zero-order valence-corrected chi connectivity index (χ0v) is 25.6. The molecule has 4 aromatic heterocycles. The molecule has 6 heterocycles. The van der Waals surface area contributed by atoms with Crippen molar-refractivity contribution in [2.75, 3.05) is 0 Å². The number of aromatic nitrogens is 4. The van der Waals surface area contributed by atoms with Crippen molar-refractivity contribution in [3.63, 3.8) is 0 Å². The van der Waals surface area contributed by atoms with Crippen molar-refractivity contribution in [1.82, 2.24) is 19.9 Å². The average Bonchev–Trinajstić information content (AvgIpc) is 3.73. The number of furan rings is 1. The Morgan fingerprint density at radius 3 is 1.34 bits per heavy atom. The summed E-state index contributed by atoms with van der Waals surface area (Å²) in [5, 5.41) is 0. The molecule has 5 heteroatoms. The van der Waals surface area contributed by atoms with Crippen LogP contribution in [0, 0.1) is 13.8 Å². The molecule has 6 rings (SSSR count). The molecule has 210 valence electrons. The summed E-state index contributed by atoms with van der Waals surface area (Å²) in [6.45, 7) is 17.6. The molecule has 0 atom stereocenters. The average molecular weight is 545 g/mol. The Bertz CT molecular complexity index is 1830. The minimum absolute atomic E-state index is 0.828. The summed E-state index contributed by atoms with van der Waals surface area (Å²) in [5.41, 5.74) is 20.2. The Hall–Kier alpha value is -4.12. The molecule has 0 unspecified atom stereocenters. The molecule has 0 aliphatic carbocycles. The molecule has 4 aromatic rings. The molecule has 10 bridgehead atoms. The lowest BCUT2D eigenvalue weighted by atomic mass is 9.99. The van der Waals surface area contributed by atoms with Gasteiger partial charge in [-0.3, -0.25) is 0 Å². The van der Waals surface area contributed by atoms with Crippen LogP contribution in [0.5, 0.6) is 0 Å². The highest BCUT2D eigenvalue weighted by Gasteiger charge is 2.24. The topological polar surface area (TPSA) is 70.5 Å². The van der Waals surface area contributed by atoms with Crippen LogP contribution in [0.15, 0.2) is 40.8 Å². The Kier molecular flexibility index (Phi) is 6.85. The number of hydrogen-bond acceptors (Lipinski definition) is 3. The van der Waals surface area contributed by atoms with Crippen LogP contribution in [-0.4, -0.2) is 19.9 Å². The van der Waals surface area contributed by atoms with E-state index in [0.717, 1.165) is 81.7 Å². The summed E-state index contributed by atoms with van der Waals surface area (Å²) >= 11 is 0. The number of H-pyrrole nitrogens is 2. The Labute approximate surface area is 242 Å². The predicted molar refractivity (Wildman–Crippen MR) is 173 cm³/mol. The number of fused-ring (bicyclic) bond motifs is 11. The molecular weight excluding hydrogens is 504 g/mol. The molecule has 41 heavy (non-hydrogen) atoms. The van der Waals surface area contributed by atoms with Gasteiger partial charge in [0, 0.05) is 34.2 Å². The zero-order chi connectivity index (χ0) is 29.0. The van der Waals surface area contributed by atoms with Crippen LogP contribution in [0.25, 0.3) is 55.5 Å². The second-order valence-corrected chi connectivity index (χ2v) is 11.2. The molecule has 5 nitrogen and oxygen atoms in total. The summed E-state index contributed by atoms with van der Waals surface area (Å²) in [5.74, 6) is 0. The number of aryl methyl sites for hydroxylation is 4. The van der Waals surface area contributed by atoms with Gasteiger partial charge in [-0.1, -0.05) is 27.7 Å². The van der Waals surface area contributed by atoms with Crippen molar-refractivity contribution in [2.24, 2.45) is 0 Å². The maximum Gasteiger partial charge on any atom is 0.129 e. The monoisotopic (exact) mass is 544 g/mol. The van der Waals surface area contributed by atoms with Gasteiger partial charge in [0.1, 0.15) is 11.2 Å². The van der Waals surface area contributed by atoms with E-state index in [2.05, 4.69) is 89.6 Å². The largest absolute Gasteiger partial charge is 0.457 e. The summed E-state index contributed by atoms with van der Waals surface area (Å²) in [6, 6.07) is 12.8. The predicted octanol–water partition coefficient (Wildman–Crippen LogP) is 10.0. The van der Waals surface area contributed by atoms with Crippen molar-refractivity contribution >= 4 is 55.5 Å².